The van der Waals surface area contributed by atoms with Crippen LogP contribution in [-0.2, 0) is 4.74 Å². The summed E-state index contributed by atoms with van der Waals surface area (Å²) < 4.78 is 6.02. The van der Waals surface area contributed by atoms with Crippen LogP contribution in [0.3, 0.4) is 0 Å². The highest BCUT2D eigenvalue weighted by molar-refractivity contribution is 5.78. The molecule has 0 aromatic heterocycles. The molecule has 2 unspecified atom stereocenters. The Bertz CT molecular complexity index is 344. The molecule has 7 nitrogen and oxygen atoms in total. The number of likely N-dealkylation sites (N-methyl/N-ethyl adjacent to an activating group) is 1. The molecule has 1 aliphatic rings. The van der Waals surface area contributed by atoms with Gasteiger partial charge in [0.15, 0.2) is 5.96 Å². The average Bonchev–Trinajstić information content (AvgIpc) is 2.45. The minimum absolute atomic E-state index is 0.103. The lowest BCUT2D eigenvalue weighted by atomic mass is 10.0. The van der Waals surface area contributed by atoms with Gasteiger partial charge in [0.1, 0.15) is 6.23 Å². The number of aliphatic hydroxyl groups is 2. The van der Waals surface area contributed by atoms with Crippen LogP contribution in [0.5, 0.6) is 0 Å². The van der Waals surface area contributed by atoms with Crippen molar-refractivity contribution in [3.63, 3.8) is 0 Å². The molecule has 1 rings (SSSR count). The van der Waals surface area contributed by atoms with Crippen LogP contribution in [-0.4, -0.2) is 59.5 Å². The van der Waals surface area contributed by atoms with Gasteiger partial charge in [-0.05, 0) is 26.3 Å². The van der Waals surface area contributed by atoms with Gasteiger partial charge in [0.2, 0.25) is 0 Å². The fourth-order valence-electron chi connectivity index (χ4n) is 2.72. The maximum absolute atomic E-state index is 9.41. The molecule has 7 heteroatoms. The van der Waals surface area contributed by atoms with Crippen molar-refractivity contribution in [2.45, 2.75) is 70.6 Å². The van der Waals surface area contributed by atoms with Crippen LogP contribution >= 0.6 is 0 Å². The summed E-state index contributed by atoms with van der Waals surface area (Å²) in [6.45, 7) is 4.73. The van der Waals surface area contributed by atoms with E-state index in [2.05, 4.69) is 17.2 Å². The van der Waals surface area contributed by atoms with Crippen molar-refractivity contribution in [1.29, 1.82) is 0 Å². The first kappa shape index (κ1) is 19.2. The number of hydrogen-bond acceptors (Lipinski definition) is 5. The van der Waals surface area contributed by atoms with Gasteiger partial charge in [-0.2, -0.15) is 4.99 Å². The summed E-state index contributed by atoms with van der Waals surface area (Å²) in [5, 5.41) is 22.1. The summed E-state index contributed by atoms with van der Waals surface area (Å²) in [5.41, 5.74) is 5.94. The van der Waals surface area contributed by atoms with Gasteiger partial charge in [-0.1, -0.05) is 26.2 Å². The number of nitrogens with two attached hydrogens (primary N) is 1. The van der Waals surface area contributed by atoms with E-state index in [-0.39, 0.29) is 18.2 Å². The first-order valence-electron chi connectivity index (χ1n) is 8.24. The third kappa shape index (κ3) is 6.48. The highest BCUT2D eigenvalue weighted by Crippen LogP contribution is 2.20. The number of nitrogens with zero attached hydrogens (tertiary/aromatic N) is 2. The number of rotatable bonds is 8. The lowest BCUT2D eigenvalue weighted by Gasteiger charge is -2.41. The van der Waals surface area contributed by atoms with Crippen LogP contribution in [0.25, 0.3) is 0 Å². The van der Waals surface area contributed by atoms with Crippen molar-refractivity contribution in [2.75, 3.05) is 20.2 Å². The molecule has 1 heterocycles. The van der Waals surface area contributed by atoms with Crippen LogP contribution in [0.2, 0.25) is 0 Å². The van der Waals surface area contributed by atoms with Gasteiger partial charge in [-0.3, -0.25) is 0 Å². The molecular formula is C15H32N4O3. The molecule has 0 amide bonds. The van der Waals surface area contributed by atoms with E-state index in [0.717, 1.165) is 25.7 Å². The fourth-order valence-corrected chi connectivity index (χ4v) is 2.72. The van der Waals surface area contributed by atoms with E-state index in [1.165, 1.54) is 19.8 Å². The molecule has 5 N–H and O–H groups in total. The normalized spacial score (nSPS) is 23.9. The topological polar surface area (TPSA) is 103 Å². The molecule has 0 spiro atoms. The first-order valence-corrected chi connectivity index (χ1v) is 8.24. The number of ether oxygens (including phenoxy) is 1. The zero-order valence-corrected chi connectivity index (χ0v) is 14.1. The second-order valence-electron chi connectivity index (χ2n) is 5.99. The van der Waals surface area contributed by atoms with Gasteiger partial charge >= 0.3 is 0 Å². The molecule has 130 valence electrons. The lowest BCUT2D eigenvalue weighted by Crippen LogP contribution is -2.58. The summed E-state index contributed by atoms with van der Waals surface area (Å²) in [7, 11) is 1.90. The van der Waals surface area contributed by atoms with E-state index in [1.54, 1.807) is 0 Å². The quantitative estimate of drug-likeness (QED) is 0.226. The molecule has 0 bridgehead atoms. The van der Waals surface area contributed by atoms with Crippen LogP contribution in [0.4, 0.5) is 0 Å². The van der Waals surface area contributed by atoms with Crippen molar-refractivity contribution in [3.8, 4) is 0 Å². The van der Waals surface area contributed by atoms with E-state index in [1.807, 2.05) is 11.9 Å². The number of hydrogen-bond donors (Lipinski definition) is 4. The first-order chi connectivity index (χ1) is 10.4. The maximum atomic E-state index is 9.41. The SMILES string of the molecule is CCCCCCOC1C(NC)CCCN1C(N)=NC(C)(O)O. The van der Waals surface area contributed by atoms with Gasteiger partial charge in [0, 0.05) is 20.1 Å². The van der Waals surface area contributed by atoms with E-state index in [9.17, 15) is 10.2 Å². The van der Waals surface area contributed by atoms with Crippen LogP contribution < -0.4 is 11.1 Å². The van der Waals surface area contributed by atoms with Gasteiger partial charge in [0.25, 0.3) is 5.91 Å². The molecule has 0 aliphatic carbocycles. The van der Waals surface area contributed by atoms with Gasteiger partial charge in [0.05, 0.1) is 6.04 Å². The molecule has 1 aliphatic heterocycles. The molecule has 0 aromatic carbocycles. The Morgan fingerprint density at radius 1 is 1.41 bits per heavy atom. The van der Waals surface area contributed by atoms with E-state index in [0.29, 0.717) is 13.2 Å². The second-order valence-corrected chi connectivity index (χ2v) is 5.99. The predicted octanol–water partition coefficient (Wildman–Crippen LogP) is 0.566. The summed E-state index contributed by atoms with van der Waals surface area (Å²) >= 11 is 0. The third-order valence-corrected chi connectivity index (χ3v) is 3.84. The Morgan fingerprint density at radius 2 is 2.14 bits per heavy atom. The lowest BCUT2D eigenvalue weighted by molar-refractivity contribution is -0.138. The highest BCUT2D eigenvalue weighted by Gasteiger charge is 2.33. The minimum atomic E-state index is -2.16. The summed E-state index contributed by atoms with van der Waals surface area (Å²) in [6.07, 6.45) is 6.29. The molecular weight excluding hydrogens is 284 g/mol. The van der Waals surface area contributed by atoms with Gasteiger partial charge in [-0.15, -0.1) is 0 Å². The Hall–Kier alpha value is -0.890. The van der Waals surface area contributed by atoms with E-state index < -0.39 is 5.91 Å². The monoisotopic (exact) mass is 316 g/mol. The molecule has 1 saturated heterocycles. The Balaban J connectivity index is 2.68. The number of likely N-dealkylation sites (tertiary alicyclic amines) is 1. The molecule has 2 atom stereocenters. The summed E-state index contributed by atoms with van der Waals surface area (Å²) in [4.78, 5) is 5.55. The Labute approximate surface area is 133 Å². The summed E-state index contributed by atoms with van der Waals surface area (Å²) in [6, 6.07) is 0.150. The van der Waals surface area contributed by atoms with E-state index >= 15 is 0 Å². The Kier molecular flexibility index (Phi) is 8.09. The number of nitrogens with one attached hydrogen (secondary N) is 1. The molecule has 0 radical (unpaired) electrons. The fraction of sp³-hybridized carbons (Fsp3) is 0.933. The minimum Gasteiger partial charge on any atom is -0.370 e. The standard InChI is InChI=1S/C15H32N4O3/c1-4-5-6-7-11-22-13-12(17-3)9-8-10-19(13)14(16)18-15(2,20)21/h12-13,17,20-21H,4-11H2,1-3H3,(H2,16,18). The molecule has 0 saturated carbocycles. The number of piperidine rings is 1. The molecule has 0 aromatic rings. The van der Waals surface area contributed by atoms with Crippen LogP contribution in [0, 0.1) is 0 Å². The van der Waals surface area contributed by atoms with E-state index in [4.69, 9.17) is 10.5 Å². The van der Waals surface area contributed by atoms with Crippen molar-refractivity contribution in [1.82, 2.24) is 10.2 Å². The Morgan fingerprint density at radius 3 is 2.73 bits per heavy atom. The zero-order chi connectivity index (χ0) is 16.6. The average molecular weight is 316 g/mol. The van der Waals surface area contributed by atoms with Crippen molar-refractivity contribution in [3.05, 3.63) is 0 Å². The number of guanidine groups is 1. The van der Waals surface area contributed by atoms with Crippen molar-refractivity contribution >= 4 is 5.96 Å². The van der Waals surface area contributed by atoms with Crippen molar-refractivity contribution < 1.29 is 14.9 Å². The van der Waals surface area contributed by atoms with Crippen molar-refractivity contribution in [2.24, 2.45) is 10.7 Å². The molecule has 22 heavy (non-hydrogen) atoms. The number of unbranched alkanes of at least 4 members (excludes halogenated alkanes) is 3. The third-order valence-electron chi connectivity index (χ3n) is 3.84. The van der Waals surface area contributed by atoms with Crippen LogP contribution in [0.15, 0.2) is 4.99 Å². The number of aliphatic imine (C=N–C) groups is 1. The summed E-state index contributed by atoms with van der Waals surface area (Å²) in [5.74, 6) is -2.06. The largest absolute Gasteiger partial charge is 0.370 e. The molecule has 1 fully saturated rings. The predicted molar refractivity (Wildman–Crippen MR) is 87.1 cm³/mol. The van der Waals surface area contributed by atoms with Gasteiger partial charge in [-0.25, -0.2) is 0 Å². The van der Waals surface area contributed by atoms with Crippen LogP contribution in [0.1, 0.15) is 52.4 Å². The highest BCUT2D eigenvalue weighted by atomic mass is 16.5. The second kappa shape index (κ2) is 9.29. The smallest absolute Gasteiger partial charge is 0.264 e. The van der Waals surface area contributed by atoms with Gasteiger partial charge < -0.3 is 30.9 Å². The maximum Gasteiger partial charge on any atom is 0.264 e. The zero-order valence-electron chi connectivity index (χ0n) is 14.1.